The zero-order valence-electron chi connectivity index (χ0n) is 26.4. The van der Waals surface area contributed by atoms with Crippen molar-refractivity contribution in [3.8, 4) is 11.5 Å². The Kier molecular flexibility index (Phi) is 9.01. The number of amides is 4. The summed E-state index contributed by atoms with van der Waals surface area (Å²) in [6.45, 7) is 1.26. The zero-order valence-corrected chi connectivity index (χ0v) is 27.9. The molecule has 2 saturated heterocycles. The van der Waals surface area contributed by atoms with Crippen LogP contribution in [0.4, 0.5) is 20.3 Å². The van der Waals surface area contributed by atoms with E-state index in [9.17, 15) is 23.6 Å². The lowest BCUT2D eigenvalue weighted by atomic mass is 10.0. The quantitative estimate of drug-likeness (QED) is 0.179. The number of aromatic nitrogens is 2. The number of likely N-dealkylation sites (tertiary alicyclic amines) is 1. The third kappa shape index (κ3) is 6.18. The number of carbonyl (C=O) groups is 4. The molecule has 0 spiro atoms. The Bertz CT molecular complexity index is 2090. The van der Waals surface area contributed by atoms with Crippen molar-refractivity contribution in [2.75, 3.05) is 25.5 Å². The van der Waals surface area contributed by atoms with Gasteiger partial charge in [-0.15, -0.1) is 0 Å². The van der Waals surface area contributed by atoms with Gasteiger partial charge in [0.1, 0.15) is 30.1 Å². The number of carbonyl (C=O) groups excluding carboxylic acids is 4. The van der Waals surface area contributed by atoms with E-state index in [1.807, 2.05) is 4.90 Å². The van der Waals surface area contributed by atoms with Gasteiger partial charge in [0, 0.05) is 43.1 Å². The van der Waals surface area contributed by atoms with Gasteiger partial charge in [-0.1, -0.05) is 23.2 Å². The first-order chi connectivity index (χ1) is 24.0. The molecule has 258 valence electrons. The van der Waals surface area contributed by atoms with Gasteiger partial charge in [0.05, 0.1) is 39.5 Å². The fourth-order valence-corrected chi connectivity index (χ4v) is 6.74. The van der Waals surface area contributed by atoms with E-state index >= 15 is 4.39 Å². The maximum absolute atomic E-state index is 15.3. The lowest BCUT2D eigenvalue weighted by molar-refractivity contribution is -0.136. The maximum Gasteiger partial charge on any atom is 0.262 e. The molecule has 1 unspecified atom stereocenters. The predicted molar refractivity (Wildman–Crippen MR) is 178 cm³/mol. The molecule has 7 rings (SSSR count). The van der Waals surface area contributed by atoms with Crippen molar-refractivity contribution >= 4 is 69.2 Å². The van der Waals surface area contributed by atoms with E-state index in [0.717, 1.165) is 11.0 Å². The molecule has 4 heterocycles. The van der Waals surface area contributed by atoms with Crippen molar-refractivity contribution in [3.05, 3.63) is 81.1 Å². The molecule has 3 aliphatic heterocycles. The maximum atomic E-state index is 15.3. The highest BCUT2D eigenvalue weighted by atomic mass is 35.5. The number of rotatable bonds is 8. The van der Waals surface area contributed by atoms with Crippen molar-refractivity contribution < 1.29 is 37.4 Å². The molecule has 2 N–H and O–H groups in total. The van der Waals surface area contributed by atoms with Gasteiger partial charge >= 0.3 is 0 Å². The molecule has 50 heavy (non-hydrogen) atoms. The topological polar surface area (TPSA) is 143 Å². The van der Waals surface area contributed by atoms with Gasteiger partial charge in [-0.2, -0.15) is 0 Å². The molecule has 1 atom stereocenters. The molecule has 4 aromatic rings. The number of methoxy groups -OCH3 is 1. The van der Waals surface area contributed by atoms with Gasteiger partial charge in [0.25, 0.3) is 11.8 Å². The summed E-state index contributed by atoms with van der Waals surface area (Å²) in [5, 5.41) is 5.51. The van der Waals surface area contributed by atoms with Gasteiger partial charge in [-0.25, -0.2) is 18.7 Å². The standard InChI is InChI=1S/C34H28Cl2F2N6O6/c1-49-26-13-24-20(31(40-15-39-24)41-23-3-2-21(35)29(36)30(23)38)12-27(26)50-17-6-8-43(9-7-17)14-16-10-18-19(11-22(16)37)34(48)44(33(18)47)25-4-5-28(45)42-32(25)46/h2-3,10-13,15,17,25H,4-9,14H2,1H3,(H,39,40,41)(H,42,45,46). The molecule has 3 aromatic carbocycles. The number of anilines is 2. The fourth-order valence-electron chi connectivity index (χ4n) is 6.43. The monoisotopic (exact) mass is 724 g/mol. The number of hydrogen-bond donors (Lipinski definition) is 2. The first-order valence-electron chi connectivity index (χ1n) is 15.7. The van der Waals surface area contributed by atoms with Crippen LogP contribution in [0.2, 0.25) is 10.0 Å². The molecule has 4 amide bonds. The Morgan fingerprint density at radius 2 is 1.70 bits per heavy atom. The summed E-state index contributed by atoms with van der Waals surface area (Å²) in [4.78, 5) is 61.6. The second kappa shape index (κ2) is 13.4. The van der Waals surface area contributed by atoms with Gasteiger partial charge < -0.3 is 14.8 Å². The number of hydrogen-bond acceptors (Lipinski definition) is 10. The first-order valence-corrected chi connectivity index (χ1v) is 16.4. The summed E-state index contributed by atoms with van der Waals surface area (Å²) in [6, 6.07) is 7.62. The average Bonchev–Trinajstić information content (AvgIpc) is 3.33. The van der Waals surface area contributed by atoms with Crippen LogP contribution >= 0.6 is 23.2 Å². The molecule has 0 bridgehead atoms. The van der Waals surface area contributed by atoms with E-state index in [1.165, 1.54) is 31.6 Å². The minimum absolute atomic E-state index is 0.00926. The highest BCUT2D eigenvalue weighted by molar-refractivity contribution is 6.42. The van der Waals surface area contributed by atoms with Gasteiger partial charge in [-0.05, 0) is 49.6 Å². The van der Waals surface area contributed by atoms with Crippen molar-refractivity contribution in [3.63, 3.8) is 0 Å². The summed E-state index contributed by atoms with van der Waals surface area (Å²) in [5.41, 5.74) is 0.760. The summed E-state index contributed by atoms with van der Waals surface area (Å²) in [6.07, 6.45) is 2.28. The molecular weight excluding hydrogens is 697 g/mol. The minimum atomic E-state index is -1.13. The van der Waals surface area contributed by atoms with Crippen LogP contribution < -0.4 is 20.1 Å². The van der Waals surface area contributed by atoms with Crippen LogP contribution in [0, 0.1) is 11.6 Å². The molecule has 0 aliphatic carbocycles. The second-order valence-electron chi connectivity index (χ2n) is 12.1. The normalized spacial score (nSPS) is 18.4. The number of benzene rings is 3. The van der Waals surface area contributed by atoms with Crippen LogP contribution in [-0.2, 0) is 16.1 Å². The molecule has 16 heteroatoms. The number of nitrogens with zero attached hydrogens (tertiary/aromatic N) is 4. The van der Waals surface area contributed by atoms with Crippen LogP contribution in [0.15, 0.2) is 42.7 Å². The summed E-state index contributed by atoms with van der Waals surface area (Å²) in [5.74, 6) is -2.84. The average molecular weight is 726 g/mol. The number of nitrogens with one attached hydrogen (secondary N) is 2. The van der Waals surface area contributed by atoms with Crippen LogP contribution in [0.5, 0.6) is 11.5 Å². The smallest absolute Gasteiger partial charge is 0.262 e. The largest absolute Gasteiger partial charge is 0.493 e. The summed E-state index contributed by atoms with van der Waals surface area (Å²) >= 11 is 11.9. The Balaban J connectivity index is 1.03. The Morgan fingerprint density at radius 3 is 2.42 bits per heavy atom. The summed E-state index contributed by atoms with van der Waals surface area (Å²) < 4.78 is 42.0. The van der Waals surface area contributed by atoms with Crippen molar-refractivity contribution in [2.24, 2.45) is 0 Å². The third-order valence-electron chi connectivity index (χ3n) is 9.04. The van der Waals surface area contributed by atoms with Crippen LogP contribution in [-0.4, -0.2) is 75.7 Å². The molecule has 1 aromatic heterocycles. The van der Waals surface area contributed by atoms with E-state index in [2.05, 4.69) is 20.6 Å². The van der Waals surface area contributed by atoms with E-state index < -0.39 is 41.3 Å². The molecule has 2 fully saturated rings. The van der Waals surface area contributed by atoms with Crippen LogP contribution in [0.1, 0.15) is 52.0 Å². The van der Waals surface area contributed by atoms with E-state index in [0.29, 0.717) is 54.2 Å². The molecule has 0 radical (unpaired) electrons. The van der Waals surface area contributed by atoms with Crippen LogP contribution in [0.25, 0.3) is 10.9 Å². The SMILES string of the molecule is COc1cc2ncnc(Nc3ccc(Cl)c(Cl)c3F)c2cc1OC1CCN(Cc2cc3c(cc2F)C(=O)N(C2CCC(=O)NC2=O)C3=O)CC1. The molecule has 3 aliphatic rings. The highest BCUT2D eigenvalue weighted by Gasteiger charge is 2.45. The Hall–Kier alpha value is -4.92. The lowest BCUT2D eigenvalue weighted by Gasteiger charge is -2.32. The molecule has 12 nitrogen and oxygen atoms in total. The molecular formula is C34H28Cl2F2N6O6. The van der Waals surface area contributed by atoms with E-state index in [4.69, 9.17) is 32.7 Å². The van der Waals surface area contributed by atoms with Crippen molar-refractivity contribution in [1.82, 2.24) is 25.1 Å². The number of halogens is 4. The van der Waals surface area contributed by atoms with Crippen molar-refractivity contribution in [2.45, 2.75) is 44.4 Å². The van der Waals surface area contributed by atoms with Gasteiger partial charge in [0.15, 0.2) is 17.3 Å². The Labute approximate surface area is 293 Å². The Morgan fingerprint density at radius 1 is 0.960 bits per heavy atom. The third-order valence-corrected chi connectivity index (χ3v) is 9.82. The van der Waals surface area contributed by atoms with E-state index in [1.54, 1.807) is 12.1 Å². The number of ether oxygens (including phenoxy) is 2. The van der Waals surface area contributed by atoms with Gasteiger partial charge in [-0.3, -0.25) is 34.3 Å². The molecule has 0 saturated carbocycles. The number of fused-ring (bicyclic) bond motifs is 2. The van der Waals surface area contributed by atoms with Crippen LogP contribution in [0.3, 0.4) is 0 Å². The van der Waals surface area contributed by atoms with E-state index in [-0.39, 0.29) is 57.9 Å². The summed E-state index contributed by atoms with van der Waals surface area (Å²) in [7, 11) is 1.51. The highest BCUT2D eigenvalue weighted by Crippen LogP contribution is 2.38. The van der Waals surface area contributed by atoms with Crippen molar-refractivity contribution in [1.29, 1.82) is 0 Å². The predicted octanol–water partition coefficient (Wildman–Crippen LogP) is 5.41. The lowest BCUT2D eigenvalue weighted by Crippen LogP contribution is -2.54. The first kappa shape index (κ1) is 33.6. The number of imide groups is 2. The fraction of sp³-hybridized carbons (Fsp3) is 0.294. The number of piperidine rings is 2. The minimum Gasteiger partial charge on any atom is -0.493 e. The zero-order chi connectivity index (χ0) is 35.3. The van der Waals surface area contributed by atoms with Gasteiger partial charge in [0.2, 0.25) is 11.8 Å². The second-order valence-corrected chi connectivity index (χ2v) is 12.9.